The third-order valence-electron chi connectivity index (χ3n) is 7.01. The second-order valence-electron chi connectivity index (χ2n) is 9.58. The fourth-order valence-electron chi connectivity index (χ4n) is 5.49. The number of quaternary nitrogens is 1. The van der Waals surface area contributed by atoms with Crippen molar-refractivity contribution in [2.75, 3.05) is 19.7 Å². The van der Waals surface area contributed by atoms with Crippen molar-refractivity contribution < 1.29 is 19.5 Å². The largest absolute Gasteiger partial charge is 0.508 e. The van der Waals surface area contributed by atoms with Gasteiger partial charge in [0.15, 0.2) is 0 Å². The number of hydrogen-bond donors (Lipinski definition) is 3. The summed E-state index contributed by atoms with van der Waals surface area (Å²) in [5.74, 6) is 1.50. The van der Waals surface area contributed by atoms with Crippen molar-refractivity contribution >= 4 is 12.1 Å². The molecule has 3 heterocycles. The lowest BCUT2D eigenvalue weighted by molar-refractivity contribution is -0.924. The molecule has 0 spiro atoms. The van der Waals surface area contributed by atoms with Gasteiger partial charge in [-0.1, -0.05) is 6.07 Å². The molecule has 0 saturated carbocycles. The first-order chi connectivity index (χ1) is 17.5. The Hall–Kier alpha value is -3.91. The van der Waals surface area contributed by atoms with Crippen LogP contribution in [-0.4, -0.2) is 41.5 Å². The zero-order valence-corrected chi connectivity index (χ0v) is 20.3. The summed E-state index contributed by atoms with van der Waals surface area (Å²) < 4.78 is 7.88. The minimum absolute atomic E-state index is 0.105. The average molecular weight is 488 g/mol. The third-order valence-corrected chi connectivity index (χ3v) is 7.01. The topological polar surface area (TPSA) is 97.4 Å². The van der Waals surface area contributed by atoms with Crippen molar-refractivity contribution in [2.24, 2.45) is 11.0 Å². The van der Waals surface area contributed by atoms with Gasteiger partial charge in [0, 0.05) is 41.3 Å². The molecule has 1 aromatic heterocycles. The number of fused-ring (bicyclic) bond motifs is 4. The van der Waals surface area contributed by atoms with Crippen LogP contribution >= 0.6 is 0 Å². The zero-order chi connectivity index (χ0) is 25.1. The van der Waals surface area contributed by atoms with Crippen LogP contribution in [0.4, 0.5) is 0 Å². The van der Waals surface area contributed by atoms with E-state index in [-0.39, 0.29) is 17.2 Å². The number of pyridine rings is 1. The molecule has 8 nitrogen and oxygen atoms in total. The Morgan fingerprint density at radius 2 is 2.03 bits per heavy atom. The first-order valence-corrected chi connectivity index (χ1v) is 12.4. The fourth-order valence-corrected chi connectivity index (χ4v) is 5.49. The number of carbonyl (C=O) groups is 1. The number of ether oxygens (including phenoxy) is 1. The highest BCUT2D eigenvalue weighted by atomic mass is 16.5. The number of hydrazone groups is 1. The van der Waals surface area contributed by atoms with Gasteiger partial charge < -0.3 is 19.3 Å². The van der Waals surface area contributed by atoms with E-state index in [1.807, 2.05) is 29.7 Å². The van der Waals surface area contributed by atoms with Gasteiger partial charge in [-0.3, -0.25) is 9.59 Å². The van der Waals surface area contributed by atoms with Crippen LogP contribution in [0.15, 0.2) is 70.6 Å². The predicted octanol–water partition coefficient (Wildman–Crippen LogP) is 1.92. The maximum Gasteiger partial charge on any atom is 0.271 e. The summed E-state index contributed by atoms with van der Waals surface area (Å²) in [5, 5.41) is 13.5. The van der Waals surface area contributed by atoms with Crippen LogP contribution in [0.25, 0.3) is 0 Å². The molecule has 36 heavy (non-hydrogen) atoms. The third kappa shape index (κ3) is 5.18. The standard InChI is InChI=1S/C28H30N4O4/c1-2-36-26-11-6-19(14-29-30-28(35)21-7-9-24(33)10-8-21)12-23(26)18-31-15-20-13-22(17-31)25-4-3-5-27(34)32(25)16-20/h3-12,14,20,22,33H,2,13,15-18H2,1H3,(H,30,35)/p+1. The number of carbonyl (C=O) groups excluding carboxylic acids is 1. The van der Waals surface area contributed by atoms with Crippen LogP contribution in [0.3, 0.4) is 0 Å². The molecule has 186 valence electrons. The number of aromatic hydroxyl groups is 1. The number of aromatic nitrogens is 1. The van der Waals surface area contributed by atoms with E-state index in [4.69, 9.17) is 4.74 Å². The number of amides is 1. The molecular weight excluding hydrogens is 456 g/mol. The molecule has 3 atom stereocenters. The van der Waals surface area contributed by atoms with Crippen molar-refractivity contribution in [2.45, 2.75) is 32.4 Å². The van der Waals surface area contributed by atoms with E-state index in [1.165, 1.54) is 17.0 Å². The summed E-state index contributed by atoms with van der Waals surface area (Å²) in [5.41, 5.74) is 6.19. The molecule has 2 aliphatic rings. The average Bonchev–Trinajstić information content (AvgIpc) is 2.87. The van der Waals surface area contributed by atoms with Gasteiger partial charge in [-0.05, 0) is 67.4 Å². The molecule has 0 radical (unpaired) electrons. The van der Waals surface area contributed by atoms with Gasteiger partial charge in [0.2, 0.25) is 0 Å². The number of hydrogen-bond acceptors (Lipinski definition) is 5. The maximum atomic E-state index is 12.3. The molecule has 2 bridgehead atoms. The highest BCUT2D eigenvalue weighted by Crippen LogP contribution is 2.30. The maximum absolute atomic E-state index is 12.3. The van der Waals surface area contributed by atoms with E-state index < -0.39 is 0 Å². The molecule has 1 fully saturated rings. The van der Waals surface area contributed by atoms with Crippen LogP contribution in [-0.2, 0) is 13.1 Å². The van der Waals surface area contributed by atoms with Crippen LogP contribution < -0.4 is 20.6 Å². The molecule has 0 aliphatic carbocycles. The number of benzene rings is 2. The van der Waals surface area contributed by atoms with Gasteiger partial charge in [-0.25, -0.2) is 5.43 Å². The van der Waals surface area contributed by atoms with Crippen molar-refractivity contribution in [1.82, 2.24) is 9.99 Å². The Morgan fingerprint density at radius 1 is 1.19 bits per heavy atom. The van der Waals surface area contributed by atoms with Gasteiger partial charge >= 0.3 is 0 Å². The Kier molecular flexibility index (Phi) is 6.86. The number of rotatable bonds is 7. The van der Waals surface area contributed by atoms with Gasteiger partial charge in [0.25, 0.3) is 11.5 Å². The summed E-state index contributed by atoms with van der Waals surface area (Å²) >= 11 is 0. The first-order valence-electron chi connectivity index (χ1n) is 12.4. The second-order valence-corrected chi connectivity index (χ2v) is 9.58. The van der Waals surface area contributed by atoms with Crippen molar-refractivity contribution in [3.63, 3.8) is 0 Å². The number of nitrogens with one attached hydrogen (secondary N) is 2. The van der Waals surface area contributed by atoms with Gasteiger partial charge in [0.05, 0.1) is 25.9 Å². The van der Waals surface area contributed by atoms with Gasteiger partial charge in [-0.15, -0.1) is 0 Å². The van der Waals surface area contributed by atoms with Gasteiger partial charge in [0.1, 0.15) is 18.0 Å². The van der Waals surface area contributed by atoms with E-state index in [2.05, 4.69) is 22.7 Å². The van der Waals surface area contributed by atoms with Crippen molar-refractivity contribution in [3.8, 4) is 11.5 Å². The van der Waals surface area contributed by atoms with E-state index in [0.29, 0.717) is 24.0 Å². The zero-order valence-electron chi connectivity index (χ0n) is 20.3. The minimum atomic E-state index is -0.346. The van der Waals surface area contributed by atoms with Crippen LogP contribution in [0.1, 0.15) is 46.4 Å². The number of phenolic OH excluding ortho intramolecular Hbond substituents is 1. The molecule has 3 unspecified atom stereocenters. The van der Waals surface area contributed by atoms with E-state index in [0.717, 1.165) is 55.2 Å². The summed E-state index contributed by atoms with van der Waals surface area (Å²) in [6.07, 6.45) is 2.76. The highest BCUT2D eigenvalue weighted by Gasteiger charge is 2.37. The number of phenols is 1. The van der Waals surface area contributed by atoms with Crippen LogP contribution in [0.2, 0.25) is 0 Å². The number of nitrogens with zero attached hydrogens (tertiary/aromatic N) is 2. The Labute approximate surface area is 209 Å². The first kappa shape index (κ1) is 23.8. The smallest absolute Gasteiger partial charge is 0.271 e. The minimum Gasteiger partial charge on any atom is -0.508 e. The molecule has 3 N–H and O–H groups in total. The van der Waals surface area contributed by atoms with Gasteiger partial charge in [-0.2, -0.15) is 5.10 Å². The molecule has 1 amide bonds. The molecular formula is C28H31N4O4+. The lowest BCUT2D eigenvalue weighted by Gasteiger charge is -2.40. The molecule has 2 aliphatic heterocycles. The second kappa shape index (κ2) is 10.4. The Morgan fingerprint density at radius 3 is 2.83 bits per heavy atom. The van der Waals surface area contributed by atoms with Crippen molar-refractivity contribution in [1.29, 1.82) is 0 Å². The molecule has 1 saturated heterocycles. The summed E-state index contributed by atoms with van der Waals surface area (Å²) in [7, 11) is 0. The van der Waals surface area contributed by atoms with Crippen LogP contribution in [0, 0.1) is 5.92 Å². The Balaban J connectivity index is 1.29. The Bertz CT molecular complexity index is 1330. The molecule has 2 aromatic carbocycles. The normalized spacial score (nSPS) is 20.6. The lowest BCUT2D eigenvalue weighted by Crippen LogP contribution is -3.13. The van der Waals surface area contributed by atoms with E-state index in [1.54, 1.807) is 24.4 Å². The predicted molar refractivity (Wildman–Crippen MR) is 137 cm³/mol. The highest BCUT2D eigenvalue weighted by molar-refractivity contribution is 5.95. The number of likely N-dealkylation sites (tertiary alicyclic amines) is 1. The SMILES string of the molecule is CCOc1ccc(C=NNC(=O)c2ccc(O)cc2)cc1C[NH+]1CC2CC(C1)c1cccc(=O)n1C2. The van der Waals surface area contributed by atoms with Crippen molar-refractivity contribution in [3.05, 3.63) is 93.4 Å². The van der Waals surface area contributed by atoms with E-state index in [9.17, 15) is 14.7 Å². The fraction of sp³-hybridized carbons (Fsp3) is 0.321. The summed E-state index contributed by atoms with van der Waals surface area (Å²) in [4.78, 5) is 26.1. The summed E-state index contributed by atoms with van der Waals surface area (Å²) in [6.45, 7) is 6.17. The quantitative estimate of drug-likeness (QED) is 0.350. The van der Waals surface area contributed by atoms with E-state index >= 15 is 0 Å². The monoisotopic (exact) mass is 487 g/mol. The lowest BCUT2D eigenvalue weighted by atomic mass is 9.83. The summed E-state index contributed by atoms with van der Waals surface area (Å²) in [6, 6.07) is 17.6. The number of piperidine rings is 1. The molecule has 5 rings (SSSR count). The molecule has 8 heteroatoms. The molecule has 3 aromatic rings. The van der Waals surface area contributed by atoms with Crippen LogP contribution in [0.5, 0.6) is 11.5 Å².